The van der Waals surface area contributed by atoms with Gasteiger partial charge in [0.25, 0.3) is 11.9 Å². The number of hydrogen-bond donors (Lipinski definition) is 2. The van der Waals surface area contributed by atoms with Gasteiger partial charge in [0, 0.05) is 25.5 Å². The van der Waals surface area contributed by atoms with E-state index >= 15 is 0 Å². The Morgan fingerprint density at radius 1 is 1.15 bits per heavy atom. The van der Waals surface area contributed by atoms with Gasteiger partial charge in [0.15, 0.2) is 5.78 Å². The Morgan fingerprint density at radius 3 is 2.41 bits per heavy atom. The molecule has 1 aromatic carbocycles. The van der Waals surface area contributed by atoms with Crippen molar-refractivity contribution in [3.8, 4) is 5.75 Å². The standard InChI is InChI=1S/C19H18O8/c1-10(20)25-18-19(27-11(2)21,12-3-5-13(22)6-4-12)17(24)15-8-7-14(23)9-16(15)26-18/h3-7,9,15,18,22-23H,8H2,1-2H3/t15?,18-,19+/m1/s1. The van der Waals surface area contributed by atoms with Crippen LogP contribution in [-0.4, -0.2) is 34.2 Å². The van der Waals surface area contributed by atoms with Crippen molar-refractivity contribution in [3.63, 3.8) is 0 Å². The summed E-state index contributed by atoms with van der Waals surface area (Å²) in [4.78, 5) is 36.9. The molecule has 1 aromatic rings. The highest BCUT2D eigenvalue weighted by atomic mass is 16.7. The van der Waals surface area contributed by atoms with Crippen LogP contribution in [0.4, 0.5) is 0 Å². The van der Waals surface area contributed by atoms with E-state index in [2.05, 4.69) is 0 Å². The molecule has 0 amide bonds. The van der Waals surface area contributed by atoms with E-state index < -0.39 is 35.5 Å². The lowest BCUT2D eigenvalue weighted by Gasteiger charge is -2.44. The number of aliphatic hydroxyl groups is 1. The van der Waals surface area contributed by atoms with Crippen LogP contribution in [0, 0.1) is 5.92 Å². The Kier molecular flexibility index (Phi) is 4.65. The number of esters is 2. The summed E-state index contributed by atoms with van der Waals surface area (Å²) in [5.41, 5.74) is -1.86. The maximum absolute atomic E-state index is 13.4. The van der Waals surface area contributed by atoms with E-state index in [-0.39, 0.29) is 29.3 Å². The van der Waals surface area contributed by atoms with Gasteiger partial charge in [-0.15, -0.1) is 0 Å². The Labute approximate surface area is 154 Å². The minimum absolute atomic E-state index is 0.0592. The van der Waals surface area contributed by atoms with Crippen LogP contribution in [-0.2, 0) is 34.2 Å². The average molecular weight is 374 g/mol. The third-order valence-corrected chi connectivity index (χ3v) is 4.33. The normalized spacial score (nSPS) is 26.8. The minimum atomic E-state index is -2.05. The quantitative estimate of drug-likeness (QED) is 0.771. The van der Waals surface area contributed by atoms with Crippen molar-refractivity contribution >= 4 is 17.7 Å². The first-order valence-corrected chi connectivity index (χ1v) is 8.22. The van der Waals surface area contributed by atoms with Crippen molar-refractivity contribution in [3.05, 3.63) is 53.5 Å². The summed E-state index contributed by atoms with van der Waals surface area (Å²) < 4.78 is 16.3. The molecule has 1 saturated heterocycles. The zero-order valence-corrected chi connectivity index (χ0v) is 14.7. The van der Waals surface area contributed by atoms with Crippen molar-refractivity contribution in [1.82, 2.24) is 0 Å². The van der Waals surface area contributed by atoms with E-state index in [0.717, 1.165) is 13.8 Å². The number of fused-ring (bicyclic) bond motifs is 1. The van der Waals surface area contributed by atoms with E-state index in [1.165, 1.54) is 36.4 Å². The van der Waals surface area contributed by atoms with Crippen molar-refractivity contribution in [2.45, 2.75) is 32.2 Å². The fourth-order valence-corrected chi connectivity index (χ4v) is 3.22. The molecule has 142 valence electrons. The largest absolute Gasteiger partial charge is 0.508 e. The van der Waals surface area contributed by atoms with E-state index in [4.69, 9.17) is 14.2 Å². The highest BCUT2D eigenvalue weighted by Crippen LogP contribution is 2.45. The fraction of sp³-hybridized carbons (Fsp3) is 0.316. The lowest BCUT2D eigenvalue weighted by molar-refractivity contribution is -0.246. The van der Waals surface area contributed by atoms with Crippen LogP contribution in [0.25, 0.3) is 0 Å². The monoisotopic (exact) mass is 374 g/mol. The van der Waals surface area contributed by atoms with Gasteiger partial charge in [-0.1, -0.05) is 12.1 Å². The molecule has 2 N–H and O–H groups in total. The number of carbonyl (C=O) groups is 3. The summed E-state index contributed by atoms with van der Waals surface area (Å²) in [7, 11) is 0. The highest BCUT2D eigenvalue weighted by molar-refractivity contribution is 5.96. The van der Waals surface area contributed by atoms with Crippen LogP contribution in [0.1, 0.15) is 25.8 Å². The van der Waals surface area contributed by atoms with Crippen LogP contribution in [0.5, 0.6) is 5.75 Å². The Hall–Kier alpha value is -3.29. The molecule has 27 heavy (non-hydrogen) atoms. The third-order valence-electron chi connectivity index (χ3n) is 4.33. The number of benzene rings is 1. The number of hydrogen-bond acceptors (Lipinski definition) is 8. The zero-order valence-electron chi connectivity index (χ0n) is 14.7. The maximum atomic E-state index is 13.4. The highest BCUT2D eigenvalue weighted by Gasteiger charge is 2.61. The second-order valence-corrected chi connectivity index (χ2v) is 6.26. The van der Waals surface area contributed by atoms with Gasteiger partial charge in [0.05, 0.1) is 5.92 Å². The zero-order chi connectivity index (χ0) is 19.8. The number of rotatable bonds is 3. The summed E-state index contributed by atoms with van der Waals surface area (Å²) in [6, 6.07) is 5.41. The van der Waals surface area contributed by atoms with Gasteiger partial charge in [-0.25, -0.2) is 0 Å². The second kappa shape index (κ2) is 6.79. The summed E-state index contributed by atoms with van der Waals surface area (Å²) >= 11 is 0. The second-order valence-electron chi connectivity index (χ2n) is 6.26. The molecule has 1 unspecified atom stereocenters. The number of phenols is 1. The van der Waals surface area contributed by atoms with Crippen LogP contribution in [0.3, 0.4) is 0 Å². The summed E-state index contributed by atoms with van der Waals surface area (Å²) in [5.74, 6) is -2.95. The first-order chi connectivity index (χ1) is 12.7. The van der Waals surface area contributed by atoms with Gasteiger partial charge < -0.3 is 24.4 Å². The smallest absolute Gasteiger partial charge is 0.305 e. The molecule has 8 nitrogen and oxygen atoms in total. The van der Waals surface area contributed by atoms with E-state index in [1.807, 2.05) is 0 Å². The molecular weight excluding hydrogens is 356 g/mol. The molecular formula is C19H18O8. The van der Waals surface area contributed by atoms with Crippen LogP contribution in [0.2, 0.25) is 0 Å². The molecule has 3 atom stereocenters. The number of aliphatic hydroxyl groups excluding tert-OH is 1. The molecule has 0 bridgehead atoms. The number of carbonyl (C=O) groups excluding carboxylic acids is 3. The number of ether oxygens (including phenoxy) is 3. The fourth-order valence-electron chi connectivity index (χ4n) is 3.22. The lowest BCUT2D eigenvalue weighted by atomic mass is 9.76. The predicted molar refractivity (Wildman–Crippen MR) is 90.1 cm³/mol. The van der Waals surface area contributed by atoms with Gasteiger partial charge in [0.1, 0.15) is 17.3 Å². The molecule has 1 aliphatic heterocycles. The Balaban J connectivity index is 2.18. The molecule has 2 aliphatic rings. The molecule has 3 rings (SSSR count). The number of phenolic OH excluding ortho intramolecular Hbond substituents is 1. The minimum Gasteiger partial charge on any atom is -0.508 e. The van der Waals surface area contributed by atoms with Crippen molar-refractivity contribution < 1.29 is 38.8 Å². The van der Waals surface area contributed by atoms with Crippen molar-refractivity contribution in [2.75, 3.05) is 0 Å². The van der Waals surface area contributed by atoms with Crippen LogP contribution in [0.15, 0.2) is 47.9 Å². The summed E-state index contributed by atoms with van der Waals surface area (Å²) in [6.07, 6.45) is 1.24. The molecule has 0 aromatic heterocycles. The van der Waals surface area contributed by atoms with E-state index in [9.17, 15) is 24.6 Å². The van der Waals surface area contributed by atoms with Gasteiger partial charge >= 0.3 is 11.9 Å². The van der Waals surface area contributed by atoms with Gasteiger partial charge in [-0.05, 0) is 24.6 Å². The Bertz CT molecular complexity index is 851. The maximum Gasteiger partial charge on any atom is 0.305 e. The SMILES string of the molecule is CC(=O)O[C@@H]1OC2=CC(O)=CCC2C(=O)[C@@]1(OC(C)=O)c1ccc(O)cc1. The summed E-state index contributed by atoms with van der Waals surface area (Å²) in [5, 5.41) is 19.3. The molecule has 0 saturated carbocycles. The Morgan fingerprint density at radius 2 is 1.81 bits per heavy atom. The van der Waals surface area contributed by atoms with Gasteiger partial charge in [-0.3, -0.25) is 14.4 Å². The lowest BCUT2D eigenvalue weighted by Crippen LogP contribution is -2.58. The first kappa shape index (κ1) is 18.5. The van der Waals surface area contributed by atoms with Gasteiger partial charge in [0.2, 0.25) is 0 Å². The summed E-state index contributed by atoms with van der Waals surface area (Å²) in [6.45, 7) is 2.25. The van der Waals surface area contributed by atoms with Crippen LogP contribution >= 0.6 is 0 Å². The van der Waals surface area contributed by atoms with Crippen molar-refractivity contribution in [2.24, 2.45) is 5.92 Å². The average Bonchev–Trinajstić information content (AvgIpc) is 2.58. The molecule has 1 heterocycles. The molecule has 1 aliphatic carbocycles. The molecule has 0 radical (unpaired) electrons. The predicted octanol–water partition coefficient (Wildman–Crippen LogP) is 1.98. The topological polar surface area (TPSA) is 119 Å². The van der Waals surface area contributed by atoms with E-state index in [0.29, 0.717) is 0 Å². The van der Waals surface area contributed by atoms with Crippen molar-refractivity contribution in [1.29, 1.82) is 0 Å². The molecule has 0 spiro atoms. The molecule has 1 fully saturated rings. The third kappa shape index (κ3) is 3.25. The van der Waals surface area contributed by atoms with Gasteiger partial charge in [-0.2, -0.15) is 0 Å². The first-order valence-electron chi connectivity index (χ1n) is 8.22. The van der Waals surface area contributed by atoms with Crippen LogP contribution < -0.4 is 0 Å². The van der Waals surface area contributed by atoms with E-state index in [1.54, 1.807) is 0 Å². The number of ketones is 1. The number of aromatic hydroxyl groups is 1. The number of Topliss-reactive ketones (excluding diaryl/α,β-unsaturated/α-hetero) is 1. The molecule has 8 heteroatoms. The number of allylic oxidation sites excluding steroid dienone is 3.